The van der Waals surface area contributed by atoms with Crippen molar-refractivity contribution in [1.82, 2.24) is 9.80 Å². The van der Waals surface area contributed by atoms with Crippen molar-refractivity contribution in [1.29, 1.82) is 10.7 Å². The number of carbonyl (C=O) groups excluding carboxylic acids is 3. The zero-order valence-corrected chi connectivity index (χ0v) is 45.3. The molecular weight excluding hydrogens is 919 g/mol. The van der Waals surface area contributed by atoms with Crippen LogP contribution in [0.1, 0.15) is 225 Å². The van der Waals surface area contributed by atoms with Crippen molar-refractivity contribution in [3.05, 3.63) is 107 Å². The predicted octanol–water partition coefficient (Wildman–Crippen LogP) is 14.3. The zero-order chi connectivity index (χ0) is 52.6. The molecule has 0 atom stereocenters. The molecule has 10 nitrogen and oxygen atoms in total. The maximum absolute atomic E-state index is 12.7. The first-order valence-corrected chi connectivity index (χ1v) is 29.0. The first-order chi connectivity index (χ1) is 35.7. The number of benzene rings is 2. The Morgan fingerprint density at radius 2 is 1.07 bits per heavy atom. The Labute approximate surface area is 444 Å². The Morgan fingerprint density at radius 3 is 1.45 bits per heavy atom. The number of nitriles is 1. The number of ketones is 1. The van der Waals surface area contributed by atoms with E-state index >= 15 is 0 Å². The first-order valence-electron chi connectivity index (χ1n) is 29.0. The number of nitrogens with one attached hydrogen (secondary N) is 1. The molecule has 10 rings (SSSR count). The Bertz CT molecular complexity index is 2330. The van der Waals surface area contributed by atoms with Crippen LogP contribution in [0.15, 0.2) is 84.5 Å². The standard InChI is InChI=1S/C20H27N3O3.C20H26N2O.C13H20.C11H16O/c21-18(22)15-1-3-16(4-2-15)19(26)23-11-9-20(10-12-23)7-5-14(6-8-20)13-17(24)25;1-2-16-7-9-20(10-8-16)11-13-22(14-12-20)19(23)18-5-3-17(15-21)4-6-18;1-2-12-6-10-13(11-7-12)8-4-3-5-9-13;12-10-4-8-11(9-5-10)6-2-1-3-7-11/h1-4,14H,5-13H2,(H3,21,22)(H,24,25);3-6,16H,2,7-14H2,1H3;2,6,10H,3-5,7-9,11H2,1H3;4,8H,1-3,5-7,9H2. The number of nitrogens with zero attached hydrogens (tertiary/aromatic N) is 3. The molecule has 2 amide bonds. The summed E-state index contributed by atoms with van der Waals surface area (Å²) in [6, 6.07) is 16.0. The number of nitrogen functional groups attached to an aromatic ring is 1. The first kappa shape index (κ1) is 56.4. The van der Waals surface area contributed by atoms with Gasteiger partial charge in [-0.25, -0.2) is 0 Å². The van der Waals surface area contributed by atoms with Crippen LogP contribution in [0, 0.1) is 50.2 Å². The minimum Gasteiger partial charge on any atom is -0.481 e. The van der Waals surface area contributed by atoms with Crippen LogP contribution >= 0.6 is 0 Å². The van der Waals surface area contributed by atoms with Gasteiger partial charge in [0.25, 0.3) is 11.8 Å². The van der Waals surface area contributed by atoms with Crippen molar-refractivity contribution in [2.75, 3.05) is 26.2 Å². The monoisotopic (exact) mass is 1010 g/mol. The number of amidine groups is 1. The van der Waals surface area contributed by atoms with E-state index in [1.165, 1.54) is 115 Å². The smallest absolute Gasteiger partial charge is 0.303 e. The maximum Gasteiger partial charge on any atom is 0.303 e. The third-order valence-electron chi connectivity index (χ3n) is 19.4. The van der Waals surface area contributed by atoms with Crippen molar-refractivity contribution in [3.8, 4) is 6.07 Å². The molecule has 0 bridgehead atoms. The molecule has 0 unspecified atom stereocenters. The second kappa shape index (κ2) is 26.5. The van der Waals surface area contributed by atoms with Crippen LogP contribution in [0.3, 0.4) is 0 Å². The van der Waals surface area contributed by atoms with Gasteiger partial charge in [-0.1, -0.05) is 93.9 Å². The van der Waals surface area contributed by atoms with Gasteiger partial charge in [0.1, 0.15) is 5.84 Å². The predicted molar refractivity (Wildman–Crippen MR) is 297 cm³/mol. The van der Waals surface area contributed by atoms with E-state index in [0.717, 1.165) is 96.3 Å². The molecule has 2 aromatic carbocycles. The van der Waals surface area contributed by atoms with Crippen molar-refractivity contribution in [3.63, 3.8) is 0 Å². The van der Waals surface area contributed by atoms with Crippen LogP contribution in [0.5, 0.6) is 0 Å². The Kier molecular flexibility index (Phi) is 20.2. The van der Waals surface area contributed by atoms with Crippen LogP contribution in [-0.2, 0) is 9.59 Å². The number of piperidine rings is 2. The number of rotatable bonds is 6. The number of carbonyl (C=O) groups is 4. The molecule has 4 N–H and O–H groups in total. The van der Waals surface area contributed by atoms with Crippen LogP contribution in [0.4, 0.5) is 0 Å². The van der Waals surface area contributed by atoms with Gasteiger partial charge >= 0.3 is 5.97 Å². The van der Waals surface area contributed by atoms with Gasteiger partial charge in [-0.15, -0.1) is 0 Å². The minimum absolute atomic E-state index is 0.00224. The summed E-state index contributed by atoms with van der Waals surface area (Å²) in [5.41, 5.74) is 11.4. The molecule has 74 heavy (non-hydrogen) atoms. The van der Waals surface area contributed by atoms with E-state index < -0.39 is 5.97 Å². The topological polar surface area (TPSA) is 169 Å². The van der Waals surface area contributed by atoms with Gasteiger partial charge in [-0.05, 0) is 205 Å². The van der Waals surface area contributed by atoms with E-state index in [2.05, 4.69) is 44.2 Å². The number of allylic oxidation sites excluding steroid dienone is 6. The van der Waals surface area contributed by atoms with E-state index in [-0.39, 0.29) is 24.1 Å². The van der Waals surface area contributed by atoms with E-state index in [9.17, 15) is 19.2 Å². The van der Waals surface area contributed by atoms with E-state index in [1.54, 1.807) is 48.5 Å². The lowest BCUT2D eigenvalue weighted by atomic mass is 9.65. The summed E-state index contributed by atoms with van der Waals surface area (Å²) in [6.07, 6.45) is 45.3. The largest absolute Gasteiger partial charge is 0.481 e. The van der Waals surface area contributed by atoms with Crippen LogP contribution < -0.4 is 5.73 Å². The number of likely N-dealkylation sites (tertiary alicyclic amines) is 2. The summed E-state index contributed by atoms with van der Waals surface area (Å²) >= 11 is 0. The molecule has 6 aliphatic carbocycles. The van der Waals surface area contributed by atoms with Crippen LogP contribution in [0.25, 0.3) is 0 Å². The van der Waals surface area contributed by atoms with Gasteiger partial charge in [0.05, 0.1) is 11.6 Å². The van der Waals surface area contributed by atoms with Crippen LogP contribution in [-0.4, -0.2) is 70.5 Å². The van der Waals surface area contributed by atoms with Crippen molar-refractivity contribution >= 4 is 29.4 Å². The fourth-order valence-electron chi connectivity index (χ4n) is 13.9. The highest BCUT2D eigenvalue weighted by molar-refractivity contribution is 5.98. The SMILES string of the molecule is CC=C1C=CC2(CCCCC2)CC1.CCC1CCC2(CC1)CCN(C(=O)c1ccc(C#N)cc1)CC2.N=C(N)c1ccc(C(=O)N2CCC3(CCC(CC(=O)O)CC3)CC2)cc1.O=C1C=CC2(CCCCC2)CC1. The summed E-state index contributed by atoms with van der Waals surface area (Å²) in [5, 5.41) is 25.2. The number of carboxylic acid groups (broad SMARTS) is 1. The number of aliphatic carboxylic acids is 1. The average molecular weight is 1010 g/mol. The molecule has 0 radical (unpaired) electrons. The van der Waals surface area contributed by atoms with Gasteiger partial charge in [-0.2, -0.15) is 5.26 Å². The lowest BCUT2D eigenvalue weighted by Crippen LogP contribution is -2.44. The molecule has 6 fully saturated rings. The van der Waals surface area contributed by atoms with E-state index in [1.807, 2.05) is 15.9 Å². The van der Waals surface area contributed by atoms with Gasteiger partial charge < -0.3 is 20.6 Å². The molecule has 400 valence electrons. The number of hydrogen-bond donors (Lipinski definition) is 3. The normalized spacial score (nSPS) is 24.1. The van der Waals surface area contributed by atoms with Crippen molar-refractivity contribution in [2.45, 2.75) is 194 Å². The number of nitrogens with two attached hydrogens (primary N) is 1. The highest BCUT2D eigenvalue weighted by Gasteiger charge is 2.41. The summed E-state index contributed by atoms with van der Waals surface area (Å²) in [4.78, 5) is 51.1. The highest BCUT2D eigenvalue weighted by atomic mass is 16.4. The quantitative estimate of drug-likeness (QED) is 0.191. The third kappa shape index (κ3) is 15.4. The number of hydrogen-bond acceptors (Lipinski definition) is 6. The highest BCUT2D eigenvalue weighted by Crippen LogP contribution is 2.49. The molecule has 2 heterocycles. The van der Waals surface area contributed by atoms with Gasteiger partial charge in [0.2, 0.25) is 0 Å². The second-order valence-electron chi connectivity index (χ2n) is 24.0. The van der Waals surface area contributed by atoms with E-state index in [0.29, 0.717) is 55.6 Å². The lowest BCUT2D eigenvalue weighted by molar-refractivity contribution is -0.138. The average Bonchev–Trinajstić information content (AvgIpc) is 3.44. The Balaban J connectivity index is 0.000000151. The molecule has 4 spiro atoms. The molecule has 8 aliphatic rings. The fourth-order valence-corrected chi connectivity index (χ4v) is 13.9. The Morgan fingerprint density at radius 1 is 0.635 bits per heavy atom. The number of amides is 2. The summed E-state index contributed by atoms with van der Waals surface area (Å²) in [7, 11) is 0. The fraction of sp³-hybridized carbons (Fsp3) is 0.625. The summed E-state index contributed by atoms with van der Waals surface area (Å²) in [5.74, 6) is 1.04. The molecule has 2 aliphatic heterocycles. The van der Waals surface area contributed by atoms with Gasteiger partial charge in [-0.3, -0.25) is 24.6 Å². The van der Waals surface area contributed by atoms with Gasteiger partial charge in [0.15, 0.2) is 5.78 Å². The molecule has 0 aromatic heterocycles. The molecule has 4 saturated carbocycles. The van der Waals surface area contributed by atoms with Crippen LogP contribution in [0.2, 0.25) is 0 Å². The van der Waals surface area contributed by atoms with Crippen molar-refractivity contribution < 1.29 is 24.3 Å². The maximum atomic E-state index is 12.7. The van der Waals surface area contributed by atoms with E-state index in [4.69, 9.17) is 21.5 Å². The number of carboxylic acids is 1. The second-order valence-corrected chi connectivity index (χ2v) is 24.0. The lowest BCUT2D eigenvalue weighted by Gasteiger charge is -2.46. The summed E-state index contributed by atoms with van der Waals surface area (Å²) in [6.45, 7) is 7.75. The molecule has 2 saturated heterocycles. The molecule has 2 aromatic rings. The molecule has 10 heteroatoms. The van der Waals surface area contributed by atoms with Gasteiger partial charge in [0, 0.05) is 55.7 Å². The van der Waals surface area contributed by atoms with Crippen molar-refractivity contribution in [2.24, 2.45) is 39.2 Å². The third-order valence-corrected chi connectivity index (χ3v) is 19.4. The summed E-state index contributed by atoms with van der Waals surface area (Å²) < 4.78 is 0. The Hall–Kier alpha value is -5.30. The molecular formula is C64H89N5O5. The zero-order valence-electron chi connectivity index (χ0n) is 45.3. The minimum atomic E-state index is -0.692.